The van der Waals surface area contributed by atoms with Gasteiger partial charge in [-0.2, -0.15) is 15.0 Å². The number of aromatic nitrogens is 5. The molecule has 1 aliphatic heterocycles. The van der Waals surface area contributed by atoms with E-state index in [1.165, 1.54) is 7.05 Å². The molecule has 3 rings (SSSR count). The van der Waals surface area contributed by atoms with Gasteiger partial charge in [0, 0.05) is 26.9 Å². The van der Waals surface area contributed by atoms with E-state index in [2.05, 4.69) is 20.5 Å². The third-order valence-electron chi connectivity index (χ3n) is 5.77. The van der Waals surface area contributed by atoms with Gasteiger partial charge in [-0.15, -0.1) is 5.10 Å². The van der Waals surface area contributed by atoms with Crippen molar-refractivity contribution in [3.63, 3.8) is 0 Å². The smallest absolute Gasteiger partial charge is 0.361 e. The molecule has 1 aliphatic rings. The van der Waals surface area contributed by atoms with Crippen LogP contribution in [0.15, 0.2) is 4.79 Å². The lowest BCUT2D eigenvalue weighted by Crippen LogP contribution is -2.43. The fraction of sp³-hybridized carbons (Fsp3) is 0.625. The largest absolute Gasteiger partial charge is 0.479 e. The number of fused-ring (bicyclic) bond motifs is 1. The Labute approximate surface area is 251 Å². The van der Waals surface area contributed by atoms with Crippen LogP contribution in [-0.2, 0) is 49.6 Å². The Morgan fingerprint density at radius 2 is 1.84 bits per heavy atom. The van der Waals surface area contributed by atoms with Crippen LogP contribution in [0.2, 0.25) is 0 Å². The molecule has 2 aromatic rings. The van der Waals surface area contributed by atoms with Crippen LogP contribution in [0, 0.1) is 11.3 Å². The fourth-order valence-corrected chi connectivity index (χ4v) is 5.71. The van der Waals surface area contributed by atoms with Crippen LogP contribution in [0.5, 0.6) is 0 Å². The summed E-state index contributed by atoms with van der Waals surface area (Å²) in [6.45, 7) is 6.31. The predicted molar refractivity (Wildman–Crippen MR) is 146 cm³/mol. The molecular weight excluding hydrogens is 609 g/mol. The van der Waals surface area contributed by atoms with Gasteiger partial charge in [-0.05, 0) is 20.8 Å². The van der Waals surface area contributed by atoms with Gasteiger partial charge in [-0.3, -0.25) is 24.2 Å². The first-order valence-corrected chi connectivity index (χ1v) is 14.5. The molecule has 44 heavy (non-hydrogen) atoms. The minimum absolute atomic E-state index is 0.0466. The monoisotopic (exact) mass is 641 g/mol. The minimum atomic E-state index is -2.04. The lowest BCUT2D eigenvalue weighted by atomic mass is 10.1. The summed E-state index contributed by atoms with van der Waals surface area (Å²) in [7, 11) is -0.654. The maximum absolute atomic E-state index is 13.6. The number of carbonyl (C=O) groups excluding carboxylic acids is 3. The normalized spacial score (nSPS) is 21.0. The molecule has 0 saturated carbocycles. The highest BCUT2D eigenvalue weighted by Crippen LogP contribution is 2.41. The summed E-state index contributed by atoms with van der Waals surface area (Å²) >= 11 is 0. The number of aliphatic carboxylic acids is 1. The van der Waals surface area contributed by atoms with Gasteiger partial charge < -0.3 is 33.3 Å². The molecule has 20 heteroatoms. The first-order valence-electron chi connectivity index (χ1n) is 13.2. The van der Waals surface area contributed by atoms with E-state index >= 15 is 0 Å². The lowest BCUT2D eigenvalue weighted by Gasteiger charge is -2.27. The Hall–Kier alpha value is -4.08. The van der Waals surface area contributed by atoms with Crippen LogP contribution in [-0.4, -0.2) is 104 Å². The molecule has 2 N–H and O–H groups in total. The van der Waals surface area contributed by atoms with Crippen LogP contribution in [0.25, 0.3) is 11.0 Å². The summed E-state index contributed by atoms with van der Waals surface area (Å²) in [5.74, 6) is -5.49. The summed E-state index contributed by atoms with van der Waals surface area (Å²) in [4.78, 5) is 62.2. The molecule has 0 bridgehead atoms. The van der Waals surface area contributed by atoms with Crippen LogP contribution in [0.3, 0.4) is 0 Å². The lowest BCUT2D eigenvalue weighted by molar-refractivity contribution is -0.166. The summed E-state index contributed by atoms with van der Waals surface area (Å²) in [6.07, 6.45) is -5.71. The molecule has 240 valence electrons. The van der Waals surface area contributed by atoms with Crippen molar-refractivity contribution in [2.75, 3.05) is 19.8 Å². The number of hydrogen-bond acceptors (Lipinski definition) is 16. The molecule has 0 spiro atoms. The Morgan fingerprint density at radius 3 is 2.41 bits per heavy atom. The van der Waals surface area contributed by atoms with E-state index < -0.39 is 81.3 Å². The van der Waals surface area contributed by atoms with Crippen molar-refractivity contribution in [2.24, 2.45) is 7.05 Å². The number of esters is 3. The van der Waals surface area contributed by atoms with Gasteiger partial charge in [0.25, 0.3) is 5.56 Å². The van der Waals surface area contributed by atoms with E-state index in [0.29, 0.717) is 0 Å². The molecule has 1 saturated heterocycles. The van der Waals surface area contributed by atoms with Crippen LogP contribution < -0.4 is 10.6 Å². The maximum Gasteiger partial charge on any atom is 0.361 e. The summed E-state index contributed by atoms with van der Waals surface area (Å²) in [6, 6.07) is 1.53. The number of carboxylic acids is 1. The topological polar surface area (TPSA) is 245 Å². The van der Waals surface area contributed by atoms with Crippen molar-refractivity contribution >= 4 is 43.2 Å². The zero-order chi connectivity index (χ0) is 32.7. The van der Waals surface area contributed by atoms with E-state index in [1.54, 1.807) is 26.8 Å². The second kappa shape index (κ2) is 15.1. The Balaban J connectivity index is 2.02. The van der Waals surface area contributed by atoms with E-state index in [0.717, 1.165) is 23.2 Å². The third kappa shape index (κ3) is 7.89. The number of carboxylic acid groups (broad SMARTS) is 1. The maximum atomic E-state index is 13.6. The van der Waals surface area contributed by atoms with Gasteiger partial charge >= 0.3 is 23.9 Å². The van der Waals surface area contributed by atoms with Crippen molar-refractivity contribution < 1.29 is 52.5 Å². The molecule has 3 heterocycles. The number of nitrogens with one attached hydrogen (secondary N) is 1. The van der Waals surface area contributed by atoms with Gasteiger partial charge in [0.2, 0.25) is 5.85 Å². The zero-order valence-electron chi connectivity index (χ0n) is 24.7. The standard InChI is InChI=1S/C24H32N7O12P/c1-7-38-23(37)16-15-17(30(6)27-16)20(34)31(29-26-15)21-19(42-13(5)33)18(41-12(4)32)14(43-21)10-39-24(22(35)36)44(28-11(2)3)40-9-8-25/h11,14,18-19,21,24,28H,7,9-10H2,1-6H3,(H,35,36). The number of carbonyl (C=O) groups is 4. The molecule has 6 atom stereocenters. The molecule has 1 fully saturated rings. The summed E-state index contributed by atoms with van der Waals surface area (Å²) in [5.41, 5.74) is -1.43. The van der Waals surface area contributed by atoms with Crippen LogP contribution >= 0.6 is 8.30 Å². The molecular formula is C24H32N7O12P. The number of hydrogen-bond donors (Lipinski definition) is 2. The summed E-state index contributed by atoms with van der Waals surface area (Å²) < 4.78 is 34.6. The summed E-state index contributed by atoms with van der Waals surface area (Å²) in [5, 5.41) is 33.6. The van der Waals surface area contributed by atoms with Crippen LogP contribution in [0.4, 0.5) is 0 Å². The third-order valence-corrected chi connectivity index (χ3v) is 7.74. The fourth-order valence-electron chi connectivity index (χ4n) is 4.23. The molecule has 0 amide bonds. The minimum Gasteiger partial charge on any atom is -0.479 e. The number of ether oxygens (including phenoxy) is 5. The second-order valence-corrected chi connectivity index (χ2v) is 11.1. The van der Waals surface area contributed by atoms with Crippen LogP contribution in [0.1, 0.15) is 51.3 Å². The van der Waals surface area contributed by atoms with Crippen molar-refractivity contribution in [1.82, 2.24) is 29.9 Å². The zero-order valence-corrected chi connectivity index (χ0v) is 25.5. The molecule has 2 aromatic heterocycles. The highest BCUT2D eigenvalue weighted by Gasteiger charge is 2.52. The number of rotatable bonds is 14. The number of nitriles is 1. The van der Waals surface area contributed by atoms with Crippen molar-refractivity contribution in [3.8, 4) is 6.07 Å². The average Bonchev–Trinajstić information content (AvgIpc) is 3.44. The Morgan fingerprint density at radius 1 is 1.18 bits per heavy atom. The van der Waals surface area contributed by atoms with E-state index in [1.807, 2.05) is 0 Å². The van der Waals surface area contributed by atoms with Crippen molar-refractivity contribution in [1.29, 1.82) is 5.26 Å². The molecule has 0 aliphatic carbocycles. The molecule has 6 unspecified atom stereocenters. The second-order valence-electron chi connectivity index (χ2n) is 9.51. The van der Waals surface area contributed by atoms with Crippen molar-refractivity contribution in [2.45, 2.75) is 71.0 Å². The molecule has 0 aromatic carbocycles. The SMILES string of the molecule is CCOC(=O)c1nn(C)c2c(=O)n(C3OC(COC(C(=O)O)P(NC(C)C)OCC#N)C(OC(C)=O)C3OC(C)=O)nnc12. The van der Waals surface area contributed by atoms with Gasteiger partial charge in [0.05, 0.1) is 19.3 Å². The van der Waals surface area contributed by atoms with E-state index in [-0.39, 0.29) is 29.4 Å². The van der Waals surface area contributed by atoms with E-state index in [9.17, 15) is 29.1 Å². The first-order chi connectivity index (χ1) is 20.8. The molecule has 0 radical (unpaired) electrons. The quantitative estimate of drug-likeness (QED) is 0.153. The highest BCUT2D eigenvalue weighted by molar-refractivity contribution is 7.52. The number of aryl methyl sites for hydroxylation is 1. The number of nitrogens with zero attached hydrogens (tertiary/aromatic N) is 6. The Kier molecular flexibility index (Phi) is 11.8. The average molecular weight is 642 g/mol. The predicted octanol–water partition coefficient (Wildman–Crippen LogP) is -0.260. The molecule has 19 nitrogen and oxygen atoms in total. The van der Waals surface area contributed by atoms with Crippen molar-refractivity contribution in [3.05, 3.63) is 16.0 Å². The Bertz CT molecular complexity index is 1490. The highest BCUT2D eigenvalue weighted by atomic mass is 31.2. The van der Waals surface area contributed by atoms with Gasteiger partial charge in [-0.1, -0.05) is 5.21 Å². The van der Waals surface area contributed by atoms with Gasteiger partial charge in [-0.25, -0.2) is 9.59 Å². The first kappa shape index (κ1) is 34.4. The van der Waals surface area contributed by atoms with E-state index in [4.69, 9.17) is 33.5 Å². The van der Waals surface area contributed by atoms with Gasteiger partial charge in [0.1, 0.15) is 21.0 Å². The van der Waals surface area contributed by atoms with Gasteiger partial charge in [0.15, 0.2) is 35.2 Å².